The van der Waals surface area contributed by atoms with Gasteiger partial charge in [0.05, 0.1) is 0 Å². The Morgan fingerprint density at radius 3 is 2.81 bits per heavy atom. The van der Waals surface area contributed by atoms with Gasteiger partial charge in [-0.05, 0) is 25.1 Å². The lowest BCUT2D eigenvalue weighted by atomic mass is 10.2. The molecule has 2 N–H and O–H groups in total. The smallest absolute Gasteiger partial charge is 0.266 e. The van der Waals surface area contributed by atoms with E-state index in [-0.39, 0.29) is 17.3 Å². The summed E-state index contributed by atoms with van der Waals surface area (Å²) in [4.78, 5) is 4.22. The molecule has 5 nitrogen and oxygen atoms in total. The molecule has 0 aliphatic heterocycles. The van der Waals surface area contributed by atoms with Crippen molar-refractivity contribution in [1.82, 2.24) is 4.98 Å². The molecule has 0 saturated heterocycles. The van der Waals surface area contributed by atoms with E-state index in [1.54, 1.807) is 6.92 Å². The summed E-state index contributed by atoms with van der Waals surface area (Å²) >= 11 is 1.16. The van der Waals surface area contributed by atoms with Gasteiger partial charge in [-0.1, -0.05) is 11.8 Å². The number of aliphatic hydroxyl groups is 1. The molecule has 0 bridgehead atoms. The Labute approximate surface area is 125 Å². The minimum atomic E-state index is -4.04. The van der Waals surface area contributed by atoms with Crippen LogP contribution in [0, 0.1) is 24.6 Å². The number of hydrogen-bond acceptors (Lipinski definition) is 5. The van der Waals surface area contributed by atoms with E-state index in [1.807, 2.05) is 0 Å². The lowest BCUT2D eigenvalue weighted by Crippen LogP contribution is -2.14. The van der Waals surface area contributed by atoms with Gasteiger partial charge in [0, 0.05) is 16.6 Å². The molecular formula is C13H11FN2O3S2. The number of aryl methyl sites for hydroxylation is 1. The van der Waals surface area contributed by atoms with Crippen molar-refractivity contribution in [2.45, 2.75) is 11.8 Å². The molecule has 110 valence electrons. The largest absolute Gasteiger partial charge is 0.384 e. The first-order valence-corrected chi connectivity index (χ1v) is 8.07. The highest BCUT2D eigenvalue weighted by Gasteiger charge is 2.20. The molecule has 0 aliphatic carbocycles. The van der Waals surface area contributed by atoms with Gasteiger partial charge in [0.15, 0.2) is 5.13 Å². The average Bonchev–Trinajstić information content (AvgIpc) is 2.80. The SMILES string of the molecule is Cc1cnc(NS(=O)(=O)c2ccc(C#CCO)cc2F)s1. The van der Waals surface area contributed by atoms with Crippen LogP contribution in [0.4, 0.5) is 9.52 Å². The van der Waals surface area contributed by atoms with Gasteiger partial charge in [0.25, 0.3) is 10.0 Å². The Kier molecular flexibility index (Phi) is 4.57. The summed E-state index contributed by atoms with van der Waals surface area (Å²) in [5.41, 5.74) is 0.283. The van der Waals surface area contributed by atoms with Crippen LogP contribution in [-0.4, -0.2) is 25.1 Å². The van der Waals surface area contributed by atoms with E-state index in [4.69, 9.17) is 5.11 Å². The lowest BCUT2D eigenvalue weighted by molar-refractivity contribution is 0.350. The molecule has 21 heavy (non-hydrogen) atoms. The second-order valence-corrected chi connectivity index (χ2v) is 6.87. The van der Waals surface area contributed by atoms with Gasteiger partial charge in [0.1, 0.15) is 17.3 Å². The number of nitrogens with one attached hydrogen (secondary N) is 1. The normalized spacial score (nSPS) is 10.8. The summed E-state index contributed by atoms with van der Waals surface area (Å²) in [7, 11) is -4.04. The Morgan fingerprint density at radius 2 is 2.24 bits per heavy atom. The predicted octanol–water partition coefficient (Wildman–Crippen LogP) is 1.74. The molecule has 1 aromatic heterocycles. The standard InChI is InChI=1S/C13H11FN2O3S2/c1-9-8-15-13(20-9)16-21(18,19)12-5-4-10(3-2-6-17)7-11(12)14/h4-5,7-8,17H,6H2,1H3,(H,15,16). The maximum absolute atomic E-state index is 13.9. The van der Waals surface area contributed by atoms with Crippen molar-refractivity contribution in [3.05, 3.63) is 40.7 Å². The summed E-state index contributed by atoms with van der Waals surface area (Å²) in [6.45, 7) is 1.43. The fourth-order valence-corrected chi connectivity index (χ4v) is 3.48. The maximum Gasteiger partial charge on any atom is 0.266 e. The minimum Gasteiger partial charge on any atom is -0.384 e. The van der Waals surface area contributed by atoms with Crippen molar-refractivity contribution in [1.29, 1.82) is 0 Å². The first kappa shape index (κ1) is 15.4. The summed E-state index contributed by atoms with van der Waals surface area (Å²) in [6.07, 6.45) is 1.52. The lowest BCUT2D eigenvalue weighted by Gasteiger charge is -2.06. The van der Waals surface area contributed by atoms with Crippen LogP contribution >= 0.6 is 11.3 Å². The minimum absolute atomic E-state index is 0.177. The van der Waals surface area contributed by atoms with Crippen LogP contribution in [-0.2, 0) is 10.0 Å². The highest BCUT2D eigenvalue weighted by Crippen LogP contribution is 2.22. The molecule has 0 unspecified atom stereocenters. The first-order valence-electron chi connectivity index (χ1n) is 5.77. The number of halogens is 1. The highest BCUT2D eigenvalue weighted by molar-refractivity contribution is 7.93. The molecule has 0 saturated carbocycles. The first-order chi connectivity index (χ1) is 9.92. The molecule has 2 aromatic rings. The summed E-state index contributed by atoms with van der Waals surface area (Å²) in [6, 6.07) is 3.50. The number of thiazole rings is 1. The van der Waals surface area contributed by atoms with Crippen molar-refractivity contribution in [2.24, 2.45) is 0 Å². The number of hydrogen-bond donors (Lipinski definition) is 2. The fraction of sp³-hybridized carbons (Fsp3) is 0.154. The van der Waals surface area contributed by atoms with E-state index in [2.05, 4.69) is 21.5 Å². The monoisotopic (exact) mass is 326 g/mol. The molecule has 0 radical (unpaired) electrons. The Balaban J connectivity index is 2.32. The van der Waals surface area contributed by atoms with Crippen molar-refractivity contribution in [3.8, 4) is 11.8 Å². The number of aliphatic hydroxyl groups excluding tert-OH is 1. The van der Waals surface area contributed by atoms with Gasteiger partial charge in [0.2, 0.25) is 0 Å². The van der Waals surface area contributed by atoms with Crippen molar-refractivity contribution < 1.29 is 17.9 Å². The zero-order chi connectivity index (χ0) is 15.5. The molecule has 1 aromatic carbocycles. The molecule has 1 heterocycles. The Bertz CT molecular complexity index is 819. The molecule has 8 heteroatoms. The number of rotatable bonds is 3. The van der Waals surface area contributed by atoms with Gasteiger partial charge in [-0.2, -0.15) is 0 Å². The molecule has 0 aliphatic rings. The maximum atomic E-state index is 13.9. The van der Waals surface area contributed by atoms with Crippen LogP contribution in [0.2, 0.25) is 0 Å². The molecule has 0 spiro atoms. The topological polar surface area (TPSA) is 79.3 Å². The number of nitrogens with zero attached hydrogens (tertiary/aromatic N) is 1. The van der Waals surface area contributed by atoms with Gasteiger partial charge >= 0.3 is 0 Å². The Hall–Kier alpha value is -1.95. The zero-order valence-electron chi connectivity index (χ0n) is 10.9. The second kappa shape index (κ2) is 6.22. The van der Waals surface area contributed by atoms with Crippen LogP contribution in [0.3, 0.4) is 0 Å². The van der Waals surface area contributed by atoms with Gasteiger partial charge < -0.3 is 5.11 Å². The molecular weight excluding hydrogens is 315 g/mol. The van der Waals surface area contributed by atoms with Crippen molar-refractivity contribution in [2.75, 3.05) is 11.3 Å². The van der Waals surface area contributed by atoms with E-state index in [1.165, 1.54) is 12.3 Å². The summed E-state index contributed by atoms with van der Waals surface area (Å²) in [5, 5.41) is 8.74. The second-order valence-electron chi connectivity index (χ2n) is 3.99. The van der Waals surface area contributed by atoms with Crippen LogP contribution in [0.25, 0.3) is 0 Å². The van der Waals surface area contributed by atoms with Gasteiger partial charge in [-0.3, -0.25) is 4.72 Å². The zero-order valence-corrected chi connectivity index (χ0v) is 12.6. The number of sulfonamides is 1. The van der Waals surface area contributed by atoms with Crippen LogP contribution in [0.15, 0.2) is 29.3 Å². The number of benzene rings is 1. The Morgan fingerprint density at radius 1 is 1.48 bits per heavy atom. The van der Waals surface area contributed by atoms with Crippen LogP contribution in [0.5, 0.6) is 0 Å². The highest BCUT2D eigenvalue weighted by atomic mass is 32.2. The number of anilines is 1. The van der Waals surface area contributed by atoms with E-state index in [9.17, 15) is 12.8 Å². The molecule has 2 rings (SSSR count). The predicted molar refractivity (Wildman–Crippen MR) is 78.0 cm³/mol. The molecule has 0 atom stereocenters. The molecule has 0 amide bonds. The van der Waals surface area contributed by atoms with Gasteiger partial charge in [-0.15, -0.1) is 11.3 Å². The summed E-state index contributed by atoms with van der Waals surface area (Å²) < 4.78 is 40.3. The van der Waals surface area contributed by atoms with Crippen molar-refractivity contribution >= 4 is 26.5 Å². The van der Waals surface area contributed by atoms with E-state index in [0.29, 0.717) is 0 Å². The quantitative estimate of drug-likeness (QED) is 0.842. The van der Waals surface area contributed by atoms with Gasteiger partial charge in [-0.25, -0.2) is 17.8 Å². The third kappa shape index (κ3) is 3.78. The van der Waals surface area contributed by atoms with Crippen LogP contribution in [0.1, 0.15) is 10.4 Å². The van der Waals surface area contributed by atoms with E-state index < -0.39 is 20.7 Å². The van der Waals surface area contributed by atoms with Crippen molar-refractivity contribution in [3.63, 3.8) is 0 Å². The molecule has 0 fully saturated rings. The third-order valence-electron chi connectivity index (χ3n) is 2.38. The van der Waals surface area contributed by atoms with E-state index in [0.717, 1.165) is 28.3 Å². The fourth-order valence-electron chi connectivity index (χ4n) is 1.51. The van der Waals surface area contributed by atoms with E-state index >= 15 is 0 Å². The summed E-state index contributed by atoms with van der Waals surface area (Å²) in [5.74, 6) is 3.94. The number of aromatic nitrogens is 1. The third-order valence-corrected chi connectivity index (χ3v) is 4.71. The van der Waals surface area contributed by atoms with Crippen LogP contribution < -0.4 is 4.72 Å². The average molecular weight is 326 g/mol.